The largest absolute Gasteiger partial charge is 0.481 e. The smallest absolute Gasteiger partial charge is 0.258 e. The van der Waals surface area contributed by atoms with Crippen molar-refractivity contribution in [3.63, 3.8) is 0 Å². The number of amides is 1. The Morgan fingerprint density at radius 2 is 2.00 bits per heavy atom. The van der Waals surface area contributed by atoms with Gasteiger partial charge in [-0.25, -0.2) is 0 Å². The van der Waals surface area contributed by atoms with E-state index in [2.05, 4.69) is 5.32 Å². The molecule has 0 aromatic heterocycles. The Morgan fingerprint density at radius 3 is 2.56 bits per heavy atom. The molecular formula is C12H18N2O2. The van der Waals surface area contributed by atoms with Crippen molar-refractivity contribution in [2.24, 2.45) is 5.73 Å². The molecular weight excluding hydrogens is 204 g/mol. The van der Waals surface area contributed by atoms with Crippen molar-refractivity contribution in [1.29, 1.82) is 0 Å². The van der Waals surface area contributed by atoms with E-state index in [0.29, 0.717) is 5.75 Å². The monoisotopic (exact) mass is 222 g/mol. The van der Waals surface area contributed by atoms with E-state index in [1.165, 1.54) is 0 Å². The third-order valence-corrected chi connectivity index (χ3v) is 2.52. The topological polar surface area (TPSA) is 64.3 Å². The number of rotatable bonds is 5. The third kappa shape index (κ3) is 2.97. The zero-order chi connectivity index (χ0) is 12.1. The number of hydrogen-bond acceptors (Lipinski definition) is 3. The molecule has 1 amide bonds. The fraction of sp³-hybridized carbons (Fsp3) is 0.417. The number of primary amides is 1. The fourth-order valence-electron chi connectivity index (χ4n) is 1.35. The van der Waals surface area contributed by atoms with Gasteiger partial charge in [0.2, 0.25) is 0 Å². The number of benzene rings is 1. The number of ether oxygens (including phenoxy) is 1. The van der Waals surface area contributed by atoms with Gasteiger partial charge in [-0.05, 0) is 27.0 Å². The molecule has 1 aromatic carbocycles. The van der Waals surface area contributed by atoms with Crippen LogP contribution in [0.15, 0.2) is 24.3 Å². The molecule has 2 unspecified atom stereocenters. The van der Waals surface area contributed by atoms with Crippen molar-refractivity contribution in [2.45, 2.75) is 26.0 Å². The molecule has 0 heterocycles. The van der Waals surface area contributed by atoms with Gasteiger partial charge in [-0.15, -0.1) is 0 Å². The van der Waals surface area contributed by atoms with E-state index in [4.69, 9.17) is 10.5 Å². The maximum Gasteiger partial charge on any atom is 0.258 e. The maximum absolute atomic E-state index is 10.9. The van der Waals surface area contributed by atoms with Crippen molar-refractivity contribution < 1.29 is 9.53 Å². The standard InChI is InChI=1S/C12H18N2O2/c1-8(14-3)10-6-4-5-7-11(10)16-9(2)12(13)15/h4-9,14H,1-3H3,(H2,13,15). The summed E-state index contributed by atoms with van der Waals surface area (Å²) < 4.78 is 5.52. The SMILES string of the molecule is CNC(C)c1ccccc1OC(C)C(N)=O. The molecule has 0 aliphatic heterocycles. The Morgan fingerprint density at radius 1 is 1.38 bits per heavy atom. The molecule has 3 N–H and O–H groups in total. The van der Waals surface area contributed by atoms with Crippen molar-refractivity contribution in [2.75, 3.05) is 7.05 Å². The number of hydrogen-bond donors (Lipinski definition) is 2. The highest BCUT2D eigenvalue weighted by Gasteiger charge is 2.14. The summed E-state index contributed by atoms with van der Waals surface area (Å²) in [6, 6.07) is 7.77. The van der Waals surface area contributed by atoms with Crippen molar-refractivity contribution in [1.82, 2.24) is 5.32 Å². The lowest BCUT2D eigenvalue weighted by molar-refractivity contribution is -0.124. The molecule has 0 aliphatic carbocycles. The highest BCUT2D eigenvalue weighted by atomic mass is 16.5. The van der Waals surface area contributed by atoms with Crippen LogP contribution in [-0.2, 0) is 4.79 Å². The number of nitrogens with one attached hydrogen (secondary N) is 1. The first-order valence-electron chi connectivity index (χ1n) is 5.28. The molecule has 2 atom stereocenters. The van der Waals surface area contributed by atoms with Crippen LogP contribution in [0.1, 0.15) is 25.5 Å². The van der Waals surface area contributed by atoms with E-state index in [9.17, 15) is 4.79 Å². The van der Waals surface area contributed by atoms with Crippen molar-refractivity contribution >= 4 is 5.91 Å². The minimum Gasteiger partial charge on any atom is -0.481 e. The van der Waals surface area contributed by atoms with Gasteiger partial charge in [0, 0.05) is 11.6 Å². The quantitative estimate of drug-likeness (QED) is 0.787. The average Bonchev–Trinajstić information content (AvgIpc) is 2.28. The molecule has 0 fully saturated rings. The number of carbonyl (C=O) groups excluding carboxylic acids is 1. The number of nitrogens with two attached hydrogens (primary N) is 1. The van der Waals surface area contributed by atoms with Crippen LogP contribution >= 0.6 is 0 Å². The summed E-state index contributed by atoms with van der Waals surface area (Å²) in [4.78, 5) is 10.9. The summed E-state index contributed by atoms with van der Waals surface area (Å²) in [7, 11) is 1.87. The van der Waals surface area contributed by atoms with Gasteiger partial charge in [-0.1, -0.05) is 18.2 Å². The van der Waals surface area contributed by atoms with Gasteiger partial charge in [0.05, 0.1) is 0 Å². The summed E-state index contributed by atoms with van der Waals surface area (Å²) in [6.07, 6.45) is -0.620. The van der Waals surface area contributed by atoms with E-state index in [0.717, 1.165) is 5.56 Å². The molecule has 1 aromatic rings. The first-order valence-corrected chi connectivity index (χ1v) is 5.28. The predicted molar refractivity (Wildman–Crippen MR) is 63.2 cm³/mol. The zero-order valence-corrected chi connectivity index (χ0v) is 9.86. The summed E-state index contributed by atoms with van der Waals surface area (Å²) in [5.74, 6) is 0.225. The summed E-state index contributed by atoms with van der Waals surface area (Å²) in [5, 5.41) is 3.13. The number of carbonyl (C=O) groups is 1. The first kappa shape index (κ1) is 12.5. The Labute approximate surface area is 95.8 Å². The predicted octanol–water partition coefficient (Wildman–Crippen LogP) is 1.22. The number of para-hydroxylation sites is 1. The molecule has 0 saturated heterocycles. The van der Waals surface area contributed by atoms with E-state index < -0.39 is 12.0 Å². The Kier molecular flexibility index (Phi) is 4.31. The second-order valence-electron chi connectivity index (χ2n) is 3.71. The van der Waals surface area contributed by atoms with Crippen LogP contribution in [0.5, 0.6) is 5.75 Å². The van der Waals surface area contributed by atoms with Gasteiger partial charge in [0.1, 0.15) is 5.75 Å². The highest BCUT2D eigenvalue weighted by molar-refractivity contribution is 5.78. The second-order valence-corrected chi connectivity index (χ2v) is 3.71. The van der Waals surface area contributed by atoms with Crippen LogP contribution in [0.4, 0.5) is 0 Å². The molecule has 88 valence electrons. The van der Waals surface area contributed by atoms with Crippen LogP contribution in [-0.4, -0.2) is 19.1 Å². The van der Waals surface area contributed by atoms with E-state index in [1.807, 2.05) is 38.2 Å². The summed E-state index contributed by atoms with van der Waals surface area (Å²) >= 11 is 0. The first-order chi connectivity index (χ1) is 7.56. The fourth-order valence-corrected chi connectivity index (χ4v) is 1.35. The zero-order valence-electron chi connectivity index (χ0n) is 9.86. The lowest BCUT2D eigenvalue weighted by Crippen LogP contribution is -2.31. The Hall–Kier alpha value is -1.55. The van der Waals surface area contributed by atoms with Crippen LogP contribution in [0.3, 0.4) is 0 Å². The lowest BCUT2D eigenvalue weighted by Gasteiger charge is -2.18. The van der Waals surface area contributed by atoms with Gasteiger partial charge in [-0.2, -0.15) is 0 Å². The van der Waals surface area contributed by atoms with Gasteiger partial charge in [-0.3, -0.25) is 4.79 Å². The molecule has 16 heavy (non-hydrogen) atoms. The molecule has 0 spiro atoms. The van der Waals surface area contributed by atoms with E-state index in [1.54, 1.807) is 6.92 Å². The molecule has 4 nitrogen and oxygen atoms in total. The van der Waals surface area contributed by atoms with Gasteiger partial charge in [0.25, 0.3) is 5.91 Å². The van der Waals surface area contributed by atoms with Crippen LogP contribution in [0.25, 0.3) is 0 Å². The summed E-state index contributed by atoms with van der Waals surface area (Å²) in [5.41, 5.74) is 6.18. The lowest BCUT2D eigenvalue weighted by atomic mass is 10.1. The van der Waals surface area contributed by atoms with Gasteiger partial charge < -0.3 is 15.8 Å². The molecule has 0 saturated carbocycles. The average molecular weight is 222 g/mol. The van der Waals surface area contributed by atoms with Gasteiger partial charge in [0.15, 0.2) is 6.10 Å². The normalized spacial score (nSPS) is 14.2. The van der Waals surface area contributed by atoms with Crippen LogP contribution in [0, 0.1) is 0 Å². The molecule has 1 rings (SSSR count). The van der Waals surface area contributed by atoms with E-state index in [-0.39, 0.29) is 6.04 Å². The molecule has 0 aliphatic rings. The third-order valence-electron chi connectivity index (χ3n) is 2.52. The van der Waals surface area contributed by atoms with Crippen LogP contribution < -0.4 is 15.8 Å². The molecule has 0 bridgehead atoms. The minimum absolute atomic E-state index is 0.163. The van der Waals surface area contributed by atoms with E-state index >= 15 is 0 Å². The Bertz CT molecular complexity index is 366. The molecule has 0 radical (unpaired) electrons. The molecule has 4 heteroatoms. The highest BCUT2D eigenvalue weighted by Crippen LogP contribution is 2.25. The maximum atomic E-state index is 10.9. The van der Waals surface area contributed by atoms with Crippen molar-refractivity contribution in [3.05, 3.63) is 29.8 Å². The van der Waals surface area contributed by atoms with Crippen molar-refractivity contribution in [3.8, 4) is 5.75 Å². The van der Waals surface area contributed by atoms with Crippen LogP contribution in [0.2, 0.25) is 0 Å². The second kappa shape index (κ2) is 5.51. The Balaban J connectivity index is 2.90. The minimum atomic E-state index is -0.620. The van der Waals surface area contributed by atoms with Gasteiger partial charge >= 0.3 is 0 Å². The summed E-state index contributed by atoms with van der Waals surface area (Å²) in [6.45, 7) is 3.67.